The zero-order valence-corrected chi connectivity index (χ0v) is 13.4. The van der Waals surface area contributed by atoms with E-state index in [2.05, 4.69) is 10.6 Å². The molecular formula is C17H24N2O4. The van der Waals surface area contributed by atoms with E-state index in [0.717, 1.165) is 25.7 Å². The second-order valence-electron chi connectivity index (χ2n) is 5.73. The van der Waals surface area contributed by atoms with Crippen LogP contribution in [0.4, 0.5) is 5.69 Å². The first-order chi connectivity index (χ1) is 11.1. The number of amides is 1. The molecule has 0 heterocycles. The van der Waals surface area contributed by atoms with Crippen LogP contribution < -0.4 is 10.6 Å². The second kappa shape index (κ2) is 8.53. The summed E-state index contributed by atoms with van der Waals surface area (Å²) in [5, 5.41) is 14.8. The van der Waals surface area contributed by atoms with E-state index in [1.807, 2.05) is 0 Å². The van der Waals surface area contributed by atoms with Crippen molar-refractivity contribution in [1.82, 2.24) is 5.32 Å². The Bertz CT molecular complexity index is 541. The fraction of sp³-hybridized carbons (Fsp3) is 0.529. The van der Waals surface area contributed by atoms with Crippen molar-refractivity contribution in [3.8, 4) is 0 Å². The van der Waals surface area contributed by atoms with E-state index in [0.29, 0.717) is 17.8 Å². The van der Waals surface area contributed by atoms with Crippen molar-refractivity contribution >= 4 is 17.6 Å². The molecule has 1 aliphatic rings. The van der Waals surface area contributed by atoms with Crippen LogP contribution in [0.3, 0.4) is 0 Å². The number of aliphatic hydroxyl groups is 1. The highest BCUT2D eigenvalue weighted by Gasteiger charge is 2.24. The smallest absolute Gasteiger partial charge is 0.341 e. The summed E-state index contributed by atoms with van der Waals surface area (Å²) in [5.74, 6) is -0.814. The normalized spacial score (nSPS) is 15.9. The minimum absolute atomic E-state index is 0.0381. The molecule has 1 aromatic carbocycles. The lowest BCUT2D eigenvalue weighted by atomic mass is 10.1. The van der Waals surface area contributed by atoms with Crippen molar-refractivity contribution in [2.45, 2.75) is 44.8 Å². The summed E-state index contributed by atoms with van der Waals surface area (Å²) in [6, 6.07) is 7.07. The van der Waals surface area contributed by atoms with Gasteiger partial charge in [0.25, 0.3) is 5.91 Å². The van der Waals surface area contributed by atoms with E-state index in [9.17, 15) is 9.59 Å². The van der Waals surface area contributed by atoms with Crippen LogP contribution in [0.2, 0.25) is 0 Å². The molecule has 1 aliphatic carbocycles. The van der Waals surface area contributed by atoms with Gasteiger partial charge < -0.3 is 20.5 Å². The number of aliphatic hydroxyl groups excluding tert-OH is 1. The zero-order chi connectivity index (χ0) is 16.7. The molecule has 0 radical (unpaired) electrons. The summed E-state index contributed by atoms with van der Waals surface area (Å²) in [7, 11) is 0. The number of benzene rings is 1. The monoisotopic (exact) mass is 320 g/mol. The van der Waals surface area contributed by atoms with Gasteiger partial charge in [-0.2, -0.15) is 0 Å². The quantitative estimate of drug-likeness (QED) is 0.666. The third-order valence-corrected chi connectivity index (χ3v) is 3.93. The van der Waals surface area contributed by atoms with Gasteiger partial charge in [-0.1, -0.05) is 25.0 Å². The Morgan fingerprint density at radius 2 is 2.00 bits per heavy atom. The van der Waals surface area contributed by atoms with Crippen molar-refractivity contribution in [2.24, 2.45) is 0 Å². The predicted octanol–water partition coefficient (Wildman–Crippen LogP) is 1.69. The SMILES string of the molecule is C[C@@H](OC(=O)c1ccccc1NCCO)C(=O)NC1CCCC1. The third-order valence-electron chi connectivity index (χ3n) is 3.93. The van der Waals surface area contributed by atoms with Gasteiger partial charge in [-0.3, -0.25) is 4.79 Å². The van der Waals surface area contributed by atoms with Gasteiger partial charge in [0.2, 0.25) is 0 Å². The van der Waals surface area contributed by atoms with Crippen molar-refractivity contribution in [3.05, 3.63) is 29.8 Å². The number of nitrogens with one attached hydrogen (secondary N) is 2. The Kier molecular flexibility index (Phi) is 6.40. The Balaban J connectivity index is 1.93. The highest BCUT2D eigenvalue weighted by molar-refractivity contribution is 5.97. The number of rotatable bonds is 7. The molecule has 1 fully saturated rings. The average molecular weight is 320 g/mol. The van der Waals surface area contributed by atoms with Crippen LogP contribution in [-0.2, 0) is 9.53 Å². The Hall–Kier alpha value is -2.08. The largest absolute Gasteiger partial charge is 0.449 e. The predicted molar refractivity (Wildman–Crippen MR) is 87.3 cm³/mol. The minimum atomic E-state index is -0.839. The Morgan fingerprint density at radius 1 is 1.30 bits per heavy atom. The van der Waals surface area contributed by atoms with Crippen molar-refractivity contribution in [3.63, 3.8) is 0 Å². The molecule has 1 atom stereocenters. The van der Waals surface area contributed by atoms with Gasteiger partial charge in [0, 0.05) is 18.3 Å². The second-order valence-corrected chi connectivity index (χ2v) is 5.73. The Morgan fingerprint density at radius 3 is 2.70 bits per heavy atom. The lowest BCUT2D eigenvalue weighted by Gasteiger charge is -2.18. The van der Waals surface area contributed by atoms with E-state index in [-0.39, 0.29) is 18.6 Å². The first-order valence-corrected chi connectivity index (χ1v) is 8.07. The van der Waals surface area contributed by atoms with Gasteiger partial charge in [0.1, 0.15) is 0 Å². The lowest BCUT2D eigenvalue weighted by molar-refractivity contribution is -0.129. The zero-order valence-electron chi connectivity index (χ0n) is 13.4. The molecule has 0 aromatic heterocycles. The molecule has 126 valence electrons. The highest BCUT2D eigenvalue weighted by Crippen LogP contribution is 2.19. The van der Waals surface area contributed by atoms with Gasteiger partial charge >= 0.3 is 5.97 Å². The number of carbonyl (C=O) groups excluding carboxylic acids is 2. The van der Waals surface area contributed by atoms with E-state index in [4.69, 9.17) is 9.84 Å². The standard InChI is InChI=1S/C17H24N2O4/c1-12(16(21)19-13-6-2-3-7-13)23-17(22)14-8-4-5-9-15(14)18-10-11-20/h4-5,8-9,12-13,18,20H,2-3,6-7,10-11H2,1H3,(H,19,21)/t12-/m1/s1. The molecule has 6 heteroatoms. The molecule has 0 spiro atoms. The fourth-order valence-electron chi connectivity index (χ4n) is 2.67. The molecular weight excluding hydrogens is 296 g/mol. The molecule has 0 bridgehead atoms. The molecule has 6 nitrogen and oxygen atoms in total. The van der Waals surface area contributed by atoms with Crippen LogP contribution in [-0.4, -0.2) is 42.3 Å². The topological polar surface area (TPSA) is 87.7 Å². The molecule has 0 saturated heterocycles. The molecule has 1 saturated carbocycles. The van der Waals surface area contributed by atoms with Gasteiger partial charge in [0.15, 0.2) is 6.10 Å². The molecule has 0 aliphatic heterocycles. The van der Waals surface area contributed by atoms with Gasteiger partial charge in [0.05, 0.1) is 12.2 Å². The van der Waals surface area contributed by atoms with Crippen LogP contribution in [0.15, 0.2) is 24.3 Å². The van der Waals surface area contributed by atoms with Crippen molar-refractivity contribution in [1.29, 1.82) is 0 Å². The first-order valence-electron chi connectivity index (χ1n) is 8.07. The van der Waals surface area contributed by atoms with Crippen LogP contribution >= 0.6 is 0 Å². The van der Waals surface area contributed by atoms with Crippen LogP contribution in [0, 0.1) is 0 Å². The van der Waals surface area contributed by atoms with E-state index in [1.165, 1.54) is 0 Å². The molecule has 1 amide bonds. The highest BCUT2D eigenvalue weighted by atomic mass is 16.5. The summed E-state index contributed by atoms with van der Waals surface area (Å²) < 4.78 is 5.28. The van der Waals surface area contributed by atoms with Gasteiger partial charge in [-0.25, -0.2) is 4.79 Å². The van der Waals surface area contributed by atoms with Crippen molar-refractivity contribution < 1.29 is 19.4 Å². The summed E-state index contributed by atoms with van der Waals surface area (Å²) in [5.41, 5.74) is 0.927. The average Bonchev–Trinajstić information content (AvgIpc) is 3.06. The number of anilines is 1. The van der Waals surface area contributed by atoms with E-state index in [1.54, 1.807) is 31.2 Å². The maximum atomic E-state index is 12.3. The number of hydrogen-bond acceptors (Lipinski definition) is 5. The molecule has 3 N–H and O–H groups in total. The molecule has 1 aromatic rings. The number of ether oxygens (including phenoxy) is 1. The van der Waals surface area contributed by atoms with E-state index < -0.39 is 12.1 Å². The number of esters is 1. The maximum Gasteiger partial charge on any atom is 0.341 e. The summed E-state index contributed by atoms with van der Waals surface area (Å²) >= 11 is 0. The van der Waals surface area contributed by atoms with Crippen LogP contribution in [0.1, 0.15) is 43.0 Å². The summed E-state index contributed by atoms with van der Waals surface area (Å²) in [6.45, 7) is 1.87. The van der Waals surface area contributed by atoms with Gasteiger partial charge in [-0.05, 0) is 31.9 Å². The lowest BCUT2D eigenvalue weighted by Crippen LogP contribution is -2.40. The first kappa shape index (κ1) is 17.3. The third kappa shape index (κ3) is 4.96. The minimum Gasteiger partial charge on any atom is -0.449 e. The fourth-order valence-corrected chi connectivity index (χ4v) is 2.67. The summed E-state index contributed by atoms with van der Waals surface area (Å²) in [6.07, 6.45) is 3.39. The molecule has 0 unspecified atom stereocenters. The van der Waals surface area contributed by atoms with Crippen LogP contribution in [0.5, 0.6) is 0 Å². The van der Waals surface area contributed by atoms with E-state index >= 15 is 0 Å². The maximum absolute atomic E-state index is 12.3. The molecule has 23 heavy (non-hydrogen) atoms. The summed E-state index contributed by atoms with van der Waals surface area (Å²) in [4.78, 5) is 24.4. The number of carbonyl (C=O) groups is 2. The van der Waals surface area contributed by atoms with Gasteiger partial charge in [-0.15, -0.1) is 0 Å². The van der Waals surface area contributed by atoms with Crippen LogP contribution in [0.25, 0.3) is 0 Å². The number of para-hydroxylation sites is 1. The number of hydrogen-bond donors (Lipinski definition) is 3. The Labute approximate surface area is 136 Å². The molecule has 2 rings (SSSR count). The van der Waals surface area contributed by atoms with Crippen molar-refractivity contribution in [2.75, 3.05) is 18.5 Å².